The molecule has 2 saturated heterocycles. The van der Waals surface area contributed by atoms with Gasteiger partial charge in [0.2, 0.25) is 5.91 Å². The smallest absolute Gasteiger partial charge is 0.239 e. The summed E-state index contributed by atoms with van der Waals surface area (Å²) in [6, 6.07) is 6.84. The first kappa shape index (κ1) is 20.4. The predicted octanol–water partition coefficient (Wildman–Crippen LogP) is 1.95. The third-order valence-corrected chi connectivity index (χ3v) is 6.64. The van der Waals surface area contributed by atoms with Crippen molar-refractivity contribution in [1.82, 2.24) is 9.80 Å². The van der Waals surface area contributed by atoms with Crippen molar-refractivity contribution in [3.05, 3.63) is 30.1 Å². The first-order chi connectivity index (χ1) is 12.5. The Bertz CT molecular complexity index is 650. The normalized spacial score (nSPS) is 29.4. The number of nitrogens with zero attached hydrogens (tertiary/aromatic N) is 3. The van der Waals surface area contributed by atoms with Crippen molar-refractivity contribution >= 4 is 24.0 Å². The van der Waals surface area contributed by atoms with Crippen LogP contribution in [0.2, 0.25) is 0 Å². The van der Waals surface area contributed by atoms with Gasteiger partial charge in [-0.1, -0.05) is 0 Å². The highest BCUT2D eigenvalue weighted by atomic mass is 35.5. The number of amides is 1. The summed E-state index contributed by atoms with van der Waals surface area (Å²) in [7, 11) is 0. The molecule has 2 aliphatic heterocycles. The van der Waals surface area contributed by atoms with Crippen LogP contribution in [0.4, 0.5) is 10.1 Å². The zero-order valence-electron chi connectivity index (χ0n) is 15.9. The van der Waals surface area contributed by atoms with Gasteiger partial charge in [0.1, 0.15) is 5.82 Å². The topological polar surface area (TPSA) is 52.8 Å². The van der Waals surface area contributed by atoms with Gasteiger partial charge in [-0.15, -0.1) is 12.4 Å². The monoisotopic (exact) mass is 396 g/mol. The average molecular weight is 397 g/mol. The fraction of sp³-hybridized carbons (Fsp3) is 0.650. The molecule has 150 valence electrons. The number of anilines is 1. The summed E-state index contributed by atoms with van der Waals surface area (Å²) >= 11 is 0. The number of nitrogens with two attached hydrogens (primary N) is 1. The lowest BCUT2D eigenvalue weighted by molar-refractivity contribution is -0.135. The van der Waals surface area contributed by atoms with E-state index in [1.54, 1.807) is 0 Å². The van der Waals surface area contributed by atoms with Gasteiger partial charge in [0, 0.05) is 51.0 Å². The van der Waals surface area contributed by atoms with E-state index < -0.39 is 0 Å². The summed E-state index contributed by atoms with van der Waals surface area (Å²) in [4.78, 5) is 19.5. The molecule has 1 amide bonds. The number of benzene rings is 1. The van der Waals surface area contributed by atoms with Gasteiger partial charge in [0.25, 0.3) is 0 Å². The highest BCUT2D eigenvalue weighted by molar-refractivity contribution is 5.85. The van der Waals surface area contributed by atoms with Gasteiger partial charge in [-0.05, 0) is 55.9 Å². The van der Waals surface area contributed by atoms with Crippen LogP contribution in [0.3, 0.4) is 0 Å². The van der Waals surface area contributed by atoms with Crippen LogP contribution >= 0.6 is 12.4 Å². The number of carbonyl (C=O) groups excluding carboxylic acids is 1. The Morgan fingerprint density at radius 2 is 1.78 bits per heavy atom. The summed E-state index contributed by atoms with van der Waals surface area (Å²) in [5, 5.41) is 0. The van der Waals surface area contributed by atoms with Crippen molar-refractivity contribution in [2.24, 2.45) is 17.6 Å². The van der Waals surface area contributed by atoms with Crippen LogP contribution in [0, 0.1) is 17.7 Å². The molecule has 5 nitrogen and oxygen atoms in total. The molecule has 0 bridgehead atoms. The van der Waals surface area contributed by atoms with E-state index in [0.717, 1.165) is 51.4 Å². The molecular formula is C20H30ClFN4O. The number of halogens is 2. The van der Waals surface area contributed by atoms with Gasteiger partial charge >= 0.3 is 0 Å². The van der Waals surface area contributed by atoms with Crippen molar-refractivity contribution < 1.29 is 9.18 Å². The largest absolute Gasteiger partial charge is 0.369 e. The van der Waals surface area contributed by atoms with Crippen LogP contribution in [0.5, 0.6) is 0 Å². The second kappa shape index (κ2) is 8.33. The zero-order chi connectivity index (χ0) is 18.3. The molecule has 3 fully saturated rings. The molecule has 3 aliphatic rings. The minimum absolute atomic E-state index is 0. The van der Waals surface area contributed by atoms with Gasteiger partial charge in [-0.25, -0.2) is 4.39 Å². The minimum atomic E-state index is -0.207. The third kappa shape index (κ3) is 4.08. The lowest BCUT2D eigenvalue weighted by atomic mass is 9.98. The second-order valence-corrected chi connectivity index (χ2v) is 8.08. The Morgan fingerprint density at radius 3 is 2.41 bits per heavy atom. The highest BCUT2D eigenvalue weighted by Gasteiger charge is 2.43. The quantitative estimate of drug-likeness (QED) is 0.848. The molecule has 0 spiro atoms. The maximum Gasteiger partial charge on any atom is 0.239 e. The average Bonchev–Trinajstić information content (AvgIpc) is 3.24. The van der Waals surface area contributed by atoms with Crippen LogP contribution in [0.1, 0.15) is 19.8 Å². The van der Waals surface area contributed by atoms with E-state index in [-0.39, 0.29) is 36.2 Å². The lowest BCUT2D eigenvalue weighted by Crippen LogP contribution is -2.54. The predicted molar refractivity (Wildman–Crippen MR) is 108 cm³/mol. The van der Waals surface area contributed by atoms with Gasteiger partial charge in [0.05, 0.1) is 6.04 Å². The molecule has 2 N–H and O–H groups in total. The van der Waals surface area contributed by atoms with Crippen molar-refractivity contribution in [2.45, 2.75) is 31.8 Å². The first-order valence-corrected chi connectivity index (χ1v) is 9.82. The van der Waals surface area contributed by atoms with Crippen molar-refractivity contribution in [3.8, 4) is 0 Å². The van der Waals surface area contributed by atoms with E-state index in [1.807, 2.05) is 24.0 Å². The van der Waals surface area contributed by atoms with Gasteiger partial charge < -0.3 is 15.5 Å². The zero-order valence-corrected chi connectivity index (χ0v) is 16.7. The van der Waals surface area contributed by atoms with Crippen LogP contribution in [0.25, 0.3) is 0 Å². The molecule has 0 aromatic heterocycles. The molecule has 4 atom stereocenters. The van der Waals surface area contributed by atoms with Crippen molar-refractivity contribution in [1.29, 1.82) is 0 Å². The van der Waals surface area contributed by atoms with Crippen LogP contribution in [-0.4, -0.2) is 67.1 Å². The van der Waals surface area contributed by atoms with Gasteiger partial charge in [-0.3, -0.25) is 9.69 Å². The van der Waals surface area contributed by atoms with Crippen LogP contribution < -0.4 is 10.6 Å². The third-order valence-electron chi connectivity index (χ3n) is 6.64. The number of rotatable bonds is 3. The number of hydrogen-bond donors (Lipinski definition) is 1. The number of hydrogen-bond acceptors (Lipinski definition) is 4. The summed E-state index contributed by atoms with van der Waals surface area (Å²) in [5.41, 5.74) is 7.25. The van der Waals surface area contributed by atoms with E-state index in [4.69, 9.17) is 5.73 Å². The Labute approximate surface area is 167 Å². The van der Waals surface area contributed by atoms with E-state index >= 15 is 0 Å². The molecule has 27 heavy (non-hydrogen) atoms. The van der Waals surface area contributed by atoms with Crippen LogP contribution in [0.15, 0.2) is 24.3 Å². The van der Waals surface area contributed by atoms with E-state index in [0.29, 0.717) is 11.8 Å². The maximum atomic E-state index is 13.1. The van der Waals surface area contributed by atoms with Gasteiger partial charge in [-0.2, -0.15) is 0 Å². The molecule has 1 saturated carbocycles. The highest BCUT2D eigenvalue weighted by Crippen LogP contribution is 2.37. The maximum absolute atomic E-state index is 13.1. The molecule has 2 heterocycles. The van der Waals surface area contributed by atoms with Crippen LogP contribution in [-0.2, 0) is 4.79 Å². The number of piperazine rings is 1. The fourth-order valence-electron chi connectivity index (χ4n) is 4.93. The second-order valence-electron chi connectivity index (χ2n) is 8.08. The summed E-state index contributed by atoms with van der Waals surface area (Å²) in [6.07, 6.45) is 2.28. The van der Waals surface area contributed by atoms with E-state index in [9.17, 15) is 9.18 Å². The molecule has 7 heteroatoms. The van der Waals surface area contributed by atoms with Crippen molar-refractivity contribution in [3.63, 3.8) is 0 Å². The number of fused-ring (bicyclic) bond motifs is 1. The molecule has 0 radical (unpaired) electrons. The first-order valence-electron chi connectivity index (χ1n) is 9.82. The standard InChI is InChI=1S/C20H29FN4O.ClH/c1-14(20(26)25-12-15-2-7-19(22)18(15)13-25)23-8-10-24(11-9-23)17-5-3-16(21)4-6-17;/h3-6,14-15,18-19H,2,7-13,22H2,1H3;1H. The molecule has 4 rings (SSSR count). The summed E-state index contributed by atoms with van der Waals surface area (Å²) < 4.78 is 13.1. The summed E-state index contributed by atoms with van der Waals surface area (Å²) in [5.74, 6) is 1.15. The minimum Gasteiger partial charge on any atom is -0.369 e. The van der Waals surface area contributed by atoms with Gasteiger partial charge in [0.15, 0.2) is 0 Å². The summed E-state index contributed by atoms with van der Waals surface area (Å²) in [6.45, 7) is 7.18. The molecular weight excluding hydrogens is 367 g/mol. The molecule has 1 aromatic rings. The Hall–Kier alpha value is -1.37. The SMILES string of the molecule is CC(C(=O)N1CC2CCC(N)C2C1)N1CCN(c2ccc(F)cc2)CC1.Cl. The molecule has 1 aromatic carbocycles. The number of likely N-dealkylation sites (tertiary alicyclic amines) is 1. The van der Waals surface area contributed by atoms with E-state index in [2.05, 4.69) is 9.80 Å². The fourth-order valence-corrected chi connectivity index (χ4v) is 4.93. The lowest BCUT2D eigenvalue weighted by Gasteiger charge is -2.39. The molecule has 4 unspecified atom stereocenters. The molecule has 1 aliphatic carbocycles. The van der Waals surface area contributed by atoms with Crippen molar-refractivity contribution in [2.75, 3.05) is 44.2 Å². The number of carbonyl (C=O) groups is 1. The Balaban J connectivity index is 0.00000210. The Kier molecular flexibility index (Phi) is 6.28. The Morgan fingerprint density at radius 1 is 1.11 bits per heavy atom. The van der Waals surface area contributed by atoms with E-state index in [1.165, 1.54) is 18.6 Å².